The number of nitrogens with zero attached hydrogens (tertiary/aromatic N) is 3. The lowest BCUT2D eigenvalue weighted by molar-refractivity contribution is 0.406. The molecular weight excluding hydrogens is 244 g/mol. The topological polar surface area (TPSA) is 91.0 Å². The minimum absolute atomic E-state index is 0.342. The Morgan fingerprint density at radius 3 is 2.84 bits per heavy atom. The molecule has 0 bridgehead atoms. The molecule has 3 rings (SSSR count). The van der Waals surface area contributed by atoms with Gasteiger partial charge in [-0.25, -0.2) is 0 Å². The third-order valence-corrected chi connectivity index (χ3v) is 2.61. The summed E-state index contributed by atoms with van der Waals surface area (Å²) in [5.41, 5.74) is 6.37. The Hall–Kier alpha value is -2.47. The maximum atomic E-state index is 5.48. The van der Waals surface area contributed by atoms with Gasteiger partial charge in [0.15, 0.2) is 11.6 Å². The molecule has 0 amide bonds. The predicted octanol–water partition coefficient (Wildman–Crippen LogP) is 1.77. The number of hydrogen-bond donors (Lipinski definition) is 1. The first-order valence-electron chi connectivity index (χ1n) is 5.87. The summed E-state index contributed by atoms with van der Waals surface area (Å²) < 4.78 is 10.6. The first-order valence-corrected chi connectivity index (χ1v) is 5.87. The Morgan fingerprint density at radius 2 is 2.11 bits per heavy atom. The van der Waals surface area contributed by atoms with Crippen LogP contribution >= 0.6 is 0 Å². The molecule has 96 valence electrons. The Morgan fingerprint density at radius 1 is 1.16 bits per heavy atom. The van der Waals surface area contributed by atoms with E-state index in [1.165, 1.54) is 0 Å². The molecule has 0 aliphatic carbocycles. The normalized spacial score (nSPS) is 10.8. The molecule has 0 saturated heterocycles. The van der Waals surface area contributed by atoms with E-state index in [4.69, 9.17) is 14.7 Å². The van der Waals surface area contributed by atoms with Crippen LogP contribution in [0.25, 0.3) is 11.7 Å². The molecule has 19 heavy (non-hydrogen) atoms. The Balaban J connectivity index is 1.79. The third-order valence-electron chi connectivity index (χ3n) is 2.61. The largest absolute Gasteiger partial charge is 0.455 e. The molecule has 6 nitrogen and oxygen atoms in total. The quantitative estimate of drug-likeness (QED) is 0.765. The fraction of sp³-hybridized carbons (Fsp3) is 0.154. The Kier molecular flexibility index (Phi) is 3.07. The van der Waals surface area contributed by atoms with Crippen molar-refractivity contribution < 1.29 is 8.94 Å². The van der Waals surface area contributed by atoms with Crippen LogP contribution < -0.4 is 5.73 Å². The number of hydrogen-bond acceptors (Lipinski definition) is 6. The maximum absolute atomic E-state index is 5.48. The number of rotatable bonds is 4. The van der Waals surface area contributed by atoms with Gasteiger partial charge < -0.3 is 14.7 Å². The van der Waals surface area contributed by atoms with Crippen LogP contribution in [-0.4, -0.2) is 15.1 Å². The molecule has 3 aromatic heterocycles. The molecule has 0 radical (unpaired) electrons. The summed E-state index contributed by atoms with van der Waals surface area (Å²) in [7, 11) is 0. The zero-order valence-corrected chi connectivity index (χ0v) is 10.1. The second-order valence-corrected chi connectivity index (χ2v) is 3.98. The molecule has 0 aliphatic heterocycles. The molecule has 0 saturated carbocycles. The first kappa shape index (κ1) is 11.6. The van der Waals surface area contributed by atoms with Gasteiger partial charge in [0.25, 0.3) is 5.89 Å². The molecule has 0 atom stereocenters. The van der Waals surface area contributed by atoms with Crippen LogP contribution in [0, 0.1) is 0 Å². The maximum Gasteiger partial charge on any atom is 0.293 e. The van der Waals surface area contributed by atoms with E-state index in [0.717, 1.165) is 5.69 Å². The lowest BCUT2D eigenvalue weighted by atomic mass is 10.2. The van der Waals surface area contributed by atoms with E-state index in [1.54, 1.807) is 18.3 Å². The summed E-state index contributed by atoms with van der Waals surface area (Å²) in [5, 5.41) is 3.91. The van der Waals surface area contributed by atoms with Crippen molar-refractivity contribution in [2.45, 2.75) is 13.0 Å². The summed E-state index contributed by atoms with van der Waals surface area (Å²) >= 11 is 0. The lowest BCUT2D eigenvalue weighted by Crippen LogP contribution is -1.93. The highest BCUT2D eigenvalue weighted by atomic mass is 16.5. The van der Waals surface area contributed by atoms with Gasteiger partial charge >= 0.3 is 0 Å². The van der Waals surface area contributed by atoms with Gasteiger partial charge in [-0.2, -0.15) is 4.98 Å². The van der Waals surface area contributed by atoms with Gasteiger partial charge in [-0.1, -0.05) is 11.2 Å². The highest BCUT2D eigenvalue weighted by Gasteiger charge is 2.13. The molecule has 3 aromatic rings. The molecule has 3 heterocycles. The van der Waals surface area contributed by atoms with E-state index in [-0.39, 0.29) is 0 Å². The Bertz CT molecular complexity index is 660. The first-order chi connectivity index (χ1) is 9.35. The van der Waals surface area contributed by atoms with E-state index in [2.05, 4.69) is 15.1 Å². The van der Waals surface area contributed by atoms with Gasteiger partial charge in [0.05, 0.1) is 13.0 Å². The number of aromatic nitrogens is 3. The average Bonchev–Trinajstić information content (AvgIpc) is 3.08. The van der Waals surface area contributed by atoms with Crippen LogP contribution in [-0.2, 0) is 13.0 Å². The molecule has 0 aliphatic rings. The number of pyridine rings is 1. The minimum atomic E-state index is 0.342. The van der Waals surface area contributed by atoms with Crippen LogP contribution in [0.1, 0.15) is 17.3 Å². The van der Waals surface area contributed by atoms with Gasteiger partial charge in [-0.3, -0.25) is 4.98 Å². The number of furan rings is 1. The van der Waals surface area contributed by atoms with Gasteiger partial charge in [0.2, 0.25) is 0 Å². The second-order valence-electron chi connectivity index (χ2n) is 3.98. The van der Waals surface area contributed by atoms with Gasteiger partial charge in [-0.15, -0.1) is 0 Å². The highest BCUT2D eigenvalue weighted by Crippen LogP contribution is 2.20. The number of nitrogens with two attached hydrogens (primary N) is 1. The van der Waals surface area contributed by atoms with Crippen molar-refractivity contribution in [2.75, 3.05) is 0 Å². The minimum Gasteiger partial charge on any atom is -0.455 e. The predicted molar refractivity (Wildman–Crippen MR) is 66.9 cm³/mol. The average molecular weight is 256 g/mol. The Labute approximate surface area is 109 Å². The van der Waals surface area contributed by atoms with Crippen LogP contribution in [0.2, 0.25) is 0 Å². The zero-order chi connectivity index (χ0) is 13.1. The van der Waals surface area contributed by atoms with Crippen molar-refractivity contribution in [1.29, 1.82) is 0 Å². The molecule has 0 aromatic carbocycles. The smallest absolute Gasteiger partial charge is 0.293 e. The molecule has 0 spiro atoms. The lowest BCUT2D eigenvalue weighted by Gasteiger charge is -1.92. The van der Waals surface area contributed by atoms with Gasteiger partial charge in [-0.05, 0) is 24.3 Å². The monoisotopic (exact) mass is 256 g/mol. The van der Waals surface area contributed by atoms with E-state index < -0.39 is 0 Å². The molecule has 6 heteroatoms. The van der Waals surface area contributed by atoms with E-state index in [1.807, 2.05) is 18.2 Å². The molecule has 0 fully saturated rings. The van der Waals surface area contributed by atoms with Crippen molar-refractivity contribution in [3.8, 4) is 11.7 Å². The van der Waals surface area contributed by atoms with Crippen molar-refractivity contribution in [1.82, 2.24) is 15.1 Å². The summed E-state index contributed by atoms with van der Waals surface area (Å²) in [6.45, 7) is 0.342. The van der Waals surface area contributed by atoms with Crippen molar-refractivity contribution >= 4 is 0 Å². The van der Waals surface area contributed by atoms with Crippen LogP contribution in [0.3, 0.4) is 0 Å². The molecule has 0 unspecified atom stereocenters. The standard InChI is InChI=1S/C13H12N4O2/c14-8-10-4-5-11(18-10)13-16-12(17-19-13)7-9-3-1-2-6-15-9/h1-6H,7-8,14H2. The summed E-state index contributed by atoms with van der Waals surface area (Å²) in [5.74, 6) is 2.13. The van der Waals surface area contributed by atoms with Crippen molar-refractivity contribution in [3.63, 3.8) is 0 Å². The zero-order valence-electron chi connectivity index (χ0n) is 10.1. The van der Waals surface area contributed by atoms with Crippen molar-refractivity contribution in [3.05, 3.63) is 53.8 Å². The van der Waals surface area contributed by atoms with Gasteiger partial charge in [0.1, 0.15) is 5.76 Å². The van der Waals surface area contributed by atoms with Crippen LogP contribution in [0.5, 0.6) is 0 Å². The molecule has 2 N–H and O–H groups in total. The fourth-order valence-corrected chi connectivity index (χ4v) is 1.69. The SMILES string of the molecule is NCc1ccc(-c2nc(Cc3ccccn3)no2)o1. The third kappa shape index (κ3) is 2.53. The second kappa shape index (κ2) is 5.03. The highest BCUT2D eigenvalue weighted by molar-refractivity contribution is 5.44. The summed E-state index contributed by atoms with van der Waals surface area (Å²) in [6, 6.07) is 9.25. The van der Waals surface area contributed by atoms with Crippen molar-refractivity contribution in [2.24, 2.45) is 5.73 Å². The van der Waals surface area contributed by atoms with E-state index in [9.17, 15) is 0 Å². The van der Waals surface area contributed by atoms with Crippen LogP contribution in [0.15, 0.2) is 45.5 Å². The molecular formula is C13H12N4O2. The fourth-order valence-electron chi connectivity index (χ4n) is 1.69. The summed E-state index contributed by atoms with van der Waals surface area (Å²) in [4.78, 5) is 8.48. The van der Waals surface area contributed by atoms with Gasteiger partial charge in [0, 0.05) is 11.9 Å². The van der Waals surface area contributed by atoms with E-state index in [0.29, 0.717) is 36.2 Å². The van der Waals surface area contributed by atoms with Crippen LogP contribution in [0.4, 0.5) is 0 Å². The van der Waals surface area contributed by atoms with E-state index >= 15 is 0 Å². The summed E-state index contributed by atoms with van der Waals surface area (Å²) in [6.07, 6.45) is 2.26.